The molecule has 4 N–H and O–H groups in total. The summed E-state index contributed by atoms with van der Waals surface area (Å²) in [7, 11) is 0. The van der Waals surface area contributed by atoms with Crippen LogP contribution in [0.1, 0.15) is 10.4 Å². The molecule has 2 aromatic carbocycles. The van der Waals surface area contributed by atoms with E-state index < -0.39 is 5.82 Å². The van der Waals surface area contributed by atoms with Crippen LogP contribution in [-0.4, -0.2) is 10.9 Å². The molecule has 22 heavy (non-hydrogen) atoms. The number of nitrogen functional groups attached to an aromatic ring is 1. The fraction of sp³-hybridized carbons (Fsp3) is 0. The minimum absolute atomic E-state index is 0.350. The molecule has 0 bridgehead atoms. The summed E-state index contributed by atoms with van der Waals surface area (Å²) < 4.78 is 13.7. The zero-order valence-corrected chi connectivity index (χ0v) is 12.6. The Bertz CT molecular complexity index is 850. The van der Waals surface area contributed by atoms with E-state index in [9.17, 15) is 9.18 Å². The molecule has 3 aromatic rings. The lowest BCUT2D eigenvalue weighted by Gasteiger charge is -2.06. The minimum atomic E-state index is -0.396. The van der Waals surface area contributed by atoms with Crippen LogP contribution in [0.25, 0.3) is 10.2 Å². The lowest BCUT2D eigenvalue weighted by molar-refractivity contribution is 0.102. The van der Waals surface area contributed by atoms with Crippen molar-refractivity contribution in [1.29, 1.82) is 0 Å². The van der Waals surface area contributed by atoms with Gasteiger partial charge in [0.25, 0.3) is 5.91 Å². The van der Waals surface area contributed by atoms with Crippen molar-refractivity contribution in [2.24, 2.45) is 5.84 Å². The number of aromatic nitrogens is 1. The van der Waals surface area contributed by atoms with Crippen molar-refractivity contribution in [3.63, 3.8) is 0 Å². The highest BCUT2D eigenvalue weighted by Crippen LogP contribution is 2.33. The third-order valence-corrected chi connectivity index (χ3v) is 4.16. The predicted molar refractivity (Wildman–Crippen MR) is 86.8 cm³/mol. The lowest BCUT2D eigenvalue weighted by Crippen LogP contribution is -2.11. The fourth-order valence-electron chi connectivity index (χ4n) is 1.93. The molecule has 1 amide bonds. The third kappa shape index (κ3) is 2.87. The Morgan fingerprint density at radius 1 is 1.27 bits per heavy atom. The quantitative estimate of drug-likeness (QED) is 0.504. The molecule has 0 aliphatic heterocycles. The number of carbonyl (C=O) groups excluding carboxylic acids is 1. The van der Waals surface area contributed by atoms with Gasteiger partial charge >= 0.3 is 0 Å². The van der Waals surface area contributed by atoms with Crippen molar-refractivity contribution in [2.75, 3.05) is 10.7 Å². The Kier molecular flexibility index (Phi) is 3.93. The molecule has 0 aliphatic rings. The van der Waals surface area contributed by atoms with Crippen molar-refractivity contribution in [3.05, 3.63) is 52.8 Å². The van der Waals surface area contributed by atoms with Crippen LogP contribution in [0.3, 0.4) is 0 Å². The molecule has 0 saturated heterocycles. The van der Waals surface area contributed by atoms with E-state index in [1.165, 1.54) is 35.6 Å². The smallest absolute Gasteiger partial charge is 0.255 e. The summed E-state index contributed by atoms with van der Waals surface area (Å²) in [4.78, 5) is 16.3. The van der Waals surface area contributed by atoms with Gasteiger partial charge in [-0.3, -0.25) is 10.2 Å². The molecule has 0 radical (unpaired) electrons. The van der Waals surface area contributed by atoms with Crippen molar-refractivity contribution >= 4 is 49.9 Å². The maximum Gasteiger partial charge on any atom is 0.255 e. The van der Waals surface area contributed by atoms with Gasteiger partial charge in [-0.25, -0.2) is 15.2 Å². The zero-order chi connectivity index (χ0) is 15.7. The van der Waals surface area contributed by atoms with Gasteiger partial charge in [0.05, 0.1) is 9.72 Å². The van der Waals surface area contributed by atoms with E-state index in [0.29, 0.717) is 26.9 Å². The first kappa shape index (κ1) is 14.7. The standard InChI is InChI=1S/C14H10ClFN4OS/c15-10-5-9(6-11-12(10)19-14(20-17)22-11)18-13(21)7-1-3-8(16)4-2-7/h1-6H,17H2,(H,18,21)(H,19,20). The second-order valence-corrected chi connectivity index (χ2v) is 5.87. The number of thiazole rings is 1. The first-order chi connectivity index (χ1) is 10.6. The summed E-state index contributed by atoms with van der Waals surface area (Å²) in [6.45, 7) is 0. The summed E-state index contributed by atoms with van der Waals surface area (Å²) in [5.41, 5.74) is 3.95. The summed E-state index contributed by atoms with van der Waals surface area (Å²) in [5, 5.41) is 3.65. The molecule has 1 aromatic heterocycles. The van der Waals surface area contributed by atoms with Gasteiger partial charge in [0, 0.05) is 11.3 Å². The Balaban J connectivity index is 1.90. The molecule has 0 atom stereocenters. The Morgan fingerprint density at radius 3 is 2.68 bits per heavy atom. The first-order valence-electron chi connectivity index (χ1n) is 6.20. The molecule has 112 valence electrons. The molecule has 0 unspecified atom stereocenters. The average molecular weight is 337 g/mol. The van der Waals surface area contributed by atoms with Gasteiger partial charge < -0.3 is 5.32 Å². The summed E-state index contributed by atoms with van der Waals surface area (Å²) >= 11 is 7.48. The monoisotopic (exact) mass is 336 g/mol. The summed E-state index contributed by atoms with van der Waals surface area (Å²) in [6, 6.07) is 8.63. The van der Waals surface area contributed by atoms with Gasteiger partial charge in [-0.15, -0.1) is 0 Å². The number of halogens is 2. The van der Waals surface area contributed by atoms with Crippen molar-refractivity contribution in [2.45, 2.75) is 0 Å². The summed E-state index contributed by atoms with van der Waals surface area (Å²) in [5.74, 6) is 4.58. The van der Waals surface area contributed by atoms with E-state index in [1.807, 2.05) is 0 Å². The minimum Gasteiger partial charge on any atom is -0.322 e. The van der Waals surface area contributed by atoms with Crippen LogP contribution in [0, 0.1) is 5.82 Å². The maximum atomic E-state index is 12.9. The number of hydrazine groups is 1. The van der Waals surface area contributed by atoms with Gasteiger partial charge in [-0.2, -0.15) is 0 Å². The summed E-state index contributed by atoms with van der Waals surface area (Å²) in [6.07, 6.45) is 0. The van der Waals surface area contributed by atoms with E-state index >= 15 is 0 Å². The fourth-order valence-corrected chi connectivity index (χ4v) is 3.09. The SMILES string of the molecule is NNc1nc2c(Cl)cc(NC(=O)c3ccc(F)cc3)cc2s1. The number of benzene rings is 2. The van der Waals surface area contributed by atoms with E-state index in [0.717, 1.165) is 4.70 Å². The molecule has 0 spiro atoms. The Labute approximate surface area is 133 Å². The first-order valence-corrected chi connectivity index (χ1v) is 7.40. The molecule has 1 heterocycles. The number of nitrogens with two attached hydrogens (primary N) is 1. The average Bonchev–Trinajstić information content (AvgIpc) is 2.91. The molecule has 3 rings (SSSR count). The van der Waals surface area contributed by atoms with E-state index in [-0.39, 0.29) is 5.91 Å². The van der Waals surface area contributed by atoms with E-state index in [1.54, 1.807) is 12.1 Å². The van der Waals surface area contributed by atoms with Crippen molar-refractivity contribution < 1.29 is 9.18 Å². The van der Waals surface area contributed by atoms with Gasteiger partial charge in [0.1, 0.15) is 11.3 Å². The number of anilines is 2. The Morgan fingerprint density at radius 2 is 2.00 bits per heavy atom. The maximum absolute atomic E-state index is 12.9. The third-order valence-electron chi connectivity index (χ3n) is 2.94. The van der Waals surface area contributed by atoms with Crippen LogP contribution >= 0.6 is 22.9 Å². The number of carbonyl (C=O) groups is 1. The van der Waals surface area contributed by atoms with Gasteiger partial charge in [-0.05, 0) is 36.4 Å². The number of rotatable bonds is 3. The predicted octanol–water partition coefficient (Wildman–Crippen LogP) is 3.63. The second-order valence-electron chi connectivity index (χ2n) is 4.43. The molecule has 0 aliphatic carbocycles. The largest absolute Gasteiger partial charge is 0.322 e. The molecule has 5 nitrogen and oxygen atoms in total. The van der Waals surface area contributed by atoms with E-state index in [4.69, 9.17) is 17.4 Å². The van der Waals surface area contributed by atoms with Crippen LogP contribution in [0.15, 0.2) is 36.4 Å². The van der Waals surface area contributed by atoms with Crippen LogP contribution in [-0.2, 0) is 0 Å². The number of nitrogens with one attached hydrogen (secondary N) is 2. The highest BCUT2D eigenvalue weighted by molar-refractivity contribution is 7.22. The van der Waals surface area contributed by atoms with Crippen LogP contribution in [0.2, 0.25) is 5.02 Å². The highest BCUT2D eigenvalue weighted by Gasteiger charge is 2.11. The number of hydrogen-bond acceptors (Lipinski definition) is 5. The van der Waals surface area contributed by atoms with Gasteiger partial charge in [0.15, 0.2) is 5.13 Å². The zero-order valence-electron chi connectivity index (χ0n) is 11.1. The number of fused-ring (bicyclic) bond motifs is 1. The lowest BCUT2D eigenvalue weighted by atomic mass is 10.2. The molecule has 8 heteroatoms. The molecule has 0 saturated carbocycles. The molecular weight excluding hydrogens is 327 g/mol. The number of amides is 1. The molecule has 0 fully saturated rings. The van der Waals surface area contributed by atoms with E-state index in [2.05, 4.69) is 15.7 Å². The Hall–Kier alpha value is -2.22. The van der Waals surface area contributed by atoms with Gasteiger partial charge in [-0.1, -0.05) is 22.9 Å². The van der Waals surface area contributed by atoms with Crippen molar-refractivity contribution in [3.8, 4) is 0 Å². The van der Waals surface area contributed by atoms with Crippen LogP contribution in [0.5, 0.6) is 0 Å². The van der Waals surface area contributed by atoms with Crippen LogP contribution < -0.4 is 16.6 Å². The van der Waals surface area contributed by atoms with Crippen LogP contribution in [0.4, 0.5) is 15.2 Å². The number of hydrogen-bond donors (Lipinski definition) is 3. The normalized spacial score (nSPS) is 10.7. The highest BCUT2D eigenvalue weighted by atomic mass is 35.5. The number of nitrogens with zero attached hydrogens (tertiary/aromatic N) is 1. The topological polar surface area (TPSA) is 80.0 Å². The second kappa shape index (κ2) is 5.88. The van der Waals surface area contributed by atoms with Crippen molar-refractivity contribution in [1.82, 2.24) is 4.98 Å². The molecular formula is C14H10ClFN4OS. The van der Waals surface area contributed by atoms with Gasteiger partial charge in [0.2, 0.25) is 0 Å².